The Hall–Kier alpha value is -2.20. The monoisotopic (exact) mass is 262 g/mol. The fourth-order valence-electron chi connectivity index (χ4n) is 1.48. The molecule has 4 N–H and O–H groups in total. The van der Waals surface area contributed by atoms with Crippen molar-refractivity contribution >= 4 is 23.2 Å². The minimum absolute atomic E-state index is 0.252. The summed E-state index contributed by atoms with van der Waals surface area (Å²) < 4.78 is 5.57. The number of ether oxygens (including phenoxy) is 1. The Bertz CT molecular complexity index is 599. The van der Waals surface area contributed by atoms with Gasteiger partial charge in [-0.2, -0.15) is 0 Å². The summed E-state index contributed by atoms with van der Waals surface area (Å²) in [6.07, 6.45) is 0. The summed E-state index contributed by atoms with van der Waals surface area (Å²) in [6, 6.07) is 11.6. The highest BCUT2D eigenvalue weighted by molar-refractivity contribution is 6.30. The molecule has 2 aromatic rings. The maximum atomic E-state index is 11.3. The van der Waals surface area contributed by atoms with Crippen LogP contribution in [0.3, 0.4) is 0 Å². The van der Waals surface area contributed by atoms with Gasteiger partial charge in [-0.15, -0.1) is 0 Å². The van der Waals surface area contributed by atoms with E-state index in [1.165, 1.54) is 12.1 Å². The van der Waals surface area contributed by atoms with Crippen molar-refractivity contribution in [3.05, 3.63) is 53.1 Å². The number of nitrogen functional groups attached to an aromatic ring is 1. The second kappa shape index (κ2) is 4.98. The molecule has 0 aliphatic rings. The third-order valence-electron chi connectivity index (χ3n) is 2.35. The molecule has 2 aromatic carbocycles. The van der Waals surface area contributed by atoms with E-state index in [9.17, 15) is 4.79 Å². The summed E-state index contributed by atoms with van der Waals surface area (Å²) in [5, 5.41) is 0.449. The fourth-order valence-corrected chi connectivity index (χ4v) is 1.64. The molecule has 0 saturated heterocycles. The van der Waals surface area contributed by atoms with Crippen molar-refractivity contribution in [2.75, 3.05) is 5.73 Å². The Balaban J connectivity index is 2.42. The second-order valence-electron chi connectivity index (χ2n) is 3.64. The molecule has 0 aromatic heterocycles. The van der Waals surface area contributed by atoms with Crippen LogP contribution in [0.25, 0.3) is 0 Å². The normalized spacial score (nSPS) is 10.1. The van der Waals surface area contributed by atoms with E-state index in [0.29, 0.717) is 16.5 Å². The molecular weight excluding hydrogens is 252 g/mol. The number of rotatable bonds is 3. The van der Waals surface area contributed by atoms with Crippen LogP contribution in [0.4, 0.5) is 5.69 Å². The molecular formula is C13H11ClN2O2. The maximum Gasteiger partial charge on any atom is 0.252 e. The molecule has 4 nitrogen and oxygen atoms in total. The van der Waals surface area contributed by atoms with E-state index in [1.807, 2.05) is 0 Å². The first kappa shape index (κ1) is 12.3. The topological polar surface area (TPSA) is 78.3 Å². The number of hydrogen-bond acceptors (Lipinski definition) is 3. The van der Waals surface area contributed by atoms with Gasteiger partial charge >= 0.3 is 0 Å². The number of nitrogens with two attached hydrogens (primary N) is 2. The second-order valence-corrected chi connectivity index (χ2v) is 4.08. The van der Waals surface area contributed by atoms with Crippen LogP contribution in [0, 0.1) is 0 Å². The Morgan fingerprint density at radius 2 is 1.83 bits per heavy atom. The van der Waals surface area contributed by atoms with Crippen LogP contribution in [0.2, 0.25) is 5.02 Å². The smallest absolute Gasteiger partial charge is 0.252 e. The van der Waals surface area contributed by atoms with Gasteiger partial charge < -0.3 is 16.2 Å². The van der Waals surface area contributed by atoms with E-state index < -0.39 is 5.91 Å². The number of amides is 1. The van der Waals surface area contributed by atoms with Crippen LogP contribution in [0.1, 0.15) is 10.4 Å². The zero-order valence-electron chi connectivity index (χ0n) is 9.39. The number of benzene rings is 2. The van der Waals surface area contributed by atoms with E-state index in [2.05, 4.69) is 0 Å². The van der Waals surface area contributed by atoms with Gasteiger partial charge in [0, 0.05) is 11.1 Å². The van der Waals surface area contributed by atoms with Gasteiger partial charge in [0.2, 0.25) is 0 Å². The molecule has 0 aliphatic carbocycles. The highest BCUT2D eigenvalue weighted by Crippen LogP contribution is 2.31. The van der Waals surface area contributed by atoms with Crippen LogP contribution in [0.5, 0.6) is 11.5 Å². The summed E-state index contributed by atoms with van der Waals surface area (Å²) in [5.74, 6) is 0.145. The quantitative estimate of drug-likeness (QED) is 0.835. The zero-order chi connectivity index (χ0) is 13.1. The molecule has 0 unspecified atom stereocenters. The zero-order valence-corrected chi connectivity index (χ0v) is 10.1. The molecule has 1 amide bonds. The first-order chi connectivity index (χ1) is 8.58. The van der Waals surface area contributed by atoms with Crippen molar-refractivity contribution in [3.8, 4) is 11.5 Å². The standard InChI is InChI=1S/C13H11ClN2O2/c14-8-5-6-9(13(16)17)12(7-8)18-11-4-2-1-3-10(11)15/h1-7H,15H2,(H2,16,17). The number of halogens is 1. The molecule has 0 bridgehead atoms. The summed E-state index contributed by atoms with van der Waals surface area (Å²) in [6.45, 7) is 0. The van der Waals surface area contributed by atoms with Crippen LogP contribution in [-0.4, -0.2) is 5.91 Å². The highest BCUT2D eigenvalue weighted by atomic mass is 35.5. The van der Waals surface area contributed by atoms with E-state index >= 15 is 0 Å². The van der Waals surface area contributed by atoms with Gasteiger partial charge in [-0.05, 0) is 24.3 Å². The van der Waals surface area contributed by atoms with Crippen molar-refractivity contribution in [2.45, 2.75) is 0 Å². The van der Waals surface area contributed by atoms with Crippen LogP contribution < -0.4 is 16.2 Å². The van der Waals surface area contributed by atoms with Gasteiger partial charge in [0.1, 0.15) is 11.5 Å². The van der Waals surface area contributed by atoms with Crippen LogP contribution >= 0.6 is 11.6 Å². The lowest BCUT2D eigenvalue weighted by molar-refractivity contribution is 0.0998. The van der Waals surface area contributed by atoms with E-state index in [4.69, 9.17) is 27.8 Å². The van der Waals surface area contributed by atoms with Crippen molar-refractivity contribution in [3.63, 3.8) is 0 Å². The summed E-state index contributed by atoms with van der Waals surface area (Å²) in [7, 11) is 0. The third kappa shape index (κ3) is 2.55. The lowest BCUT2D eigenvalue weighted by Gasteiger charge is -2.11. The van der Waals surface area contributed by atoms with Gasteiger partial charge in [-0.25, -0.2) is 0 Å². The maximum absolute atomic E-state index is 11.3. The van der Waals surface area contributed by atoms with E-state index in [-0.39, 0.29) is 11.3 Å². The average molecular weight is 263 g/mol. The Labute approximate surface area is 109 Å². The lowest BCUT2D eigenvalue weighted by Crippen LogP contribution is -2.12. The molecule has 0 atom stereocenters. The Kier molecular flexibility index (Phi) is 3.39. The van der Waals surface area contributed by atoms with Crippen LogP contribution in [-0.2, 0) is 0 Å². The molecule has 5 heteroatoms. The molecule has 0 aliphatic heterocycles. The SMILES string of the molecule is NC(=O)c1ccc(Cl)cc1Oc1ccccc1N. The molecule has 92 valence electrons. The molecule has 0 radical (unpaired) electrons. The summed E-state index contributed by atoms with van der Waals surface area (Å²) >= 11 is 5.86. The first-order valence-corrected chi connectivity index (χ1v) is 5.57. The number of primary amides is 1. The van der Waals surface area contributed by atoms with Crippen molar-refractivity contribution in [2.24, 2.45) is 5.73 Å². The minimum Gasteiger partial charge on any atom is -0.454 e. The molecule has 0 spiro atoms. The predicted molar refractivity (Wildman–Crippen MR) is 70.9 cm³/mol. The van der Waals surface area contributed by atoms with Gasteiger partial charge in [-0.3, -0.25) is 4.79 Å². The van der Waals surface area contributed by atoms with Gasteiger partial charge in [0.05, 0.1) is 11.3 Å². The predicted octanol–water partition coefficient (Wildman–Crippen LogP) is 2.81. The molecule has 0 fully saturated rings. The van der Waals surface area contributed by atoms with E-state index in [1.54, 1.807) is 30.3 Å². The van der Waals surface area contributed by atoms with Crippen molar-refractivity contribution in [1.29, 1.82) is 0 Å². The Morgan fingerprint density at radius 3 is 2.50 bits per heavy atom. The van der Waals surface area contributed by atoms with E-state index in [0.717, 1.165) is 0 Å². The number of hydrogen-bond donors (Lipinski definition) is 2. The largest absolute Gasteiger partial charge is 0.454 e. The summed E-state index contributed by atoms with van der Waals surface area (Å²) in [4.78, 5) is 11.3. The number of carbonyl (C=O) groups excluding carboxylic acids is 1. The van der Waals surface area contributed by atoms with Crippen molar-refractivity contribution in [1.82, 2.24) is 0 Å². The number of anilines is 1. The average Bonchev–Trinajstić information content (AvgIpc) is 2.32. The molecule has 0 heterocycles. The van der Waals surface area contributed by atoms with Gasteiger partial charge in [0.15, 0.2) is 0 Å². The fraction of sp³-hybridized carbons (Fsp3) is 0. The first-order valence-electron chi connectivity index (χ1n) is 5.19. The lowest BCUT2D eigenvalue weighted by atomic mass is 10.2. The highest BCUT2D eigenvalue weighted by Gasteiger charge is 2.11. The molecule has 0 saturated carbocycles. The number of carbonyl (C=O) groups is 1. The number of para-hydroxylation sites is 2. The minimum atomic E-state index is -0.587. The van der Waals surface area contributed by atoms with Crippen LogP contribution in [0.15, 0.2) is 42.5 Å². The molecule has 18 heavy (non-hydrogen) atoms. The summed E-state index contributed by atoms with van der Waals surface area (Å²) in [5.41, 5.74) is 11.7. The van der Waals surface area contributed by atoms with Crippen molar-refractivity contribution < 1.29 is 9.53 Å². The Morgan fingerprint density at radius 1 is 1.11 bits per heavy atom. The third-order valence-corrected chi connectivity index (χ3v) is 2.58. The molecule has 2 rings (SSSR count). The van der Waals surface area contributed by atoms with Gasteiger partial charge in [-0.1, -0.05) is 23.7 Å². The van der Waals surface area contributed by atoms with Gasteiger partial charge in [0.25, 0.3) is 5.91 Å².